The molecule has 0 spiro atoms. The van der Waals surface area contributed by atoms with Crippen LogP contribution in [0.3, 0.4) is 0 Å². The second-order valence-corrected chi connectivity index (χ2v) is 11.0. The molecule has 1 heterocycles. The Morgan fingerprint density at radius 1 is 1.15 bits per heavy atom. The first-order valence-corrected chi connectivity index (χ1v) is 11.4. The van der Waals surface area contributed by atoms with Gasteiger partial charge < -0.3 is 4.57 Å². The molecule has 1 aromatic heterocycles. The Labute approximate surface area is 161 Å². The number of carbonyl (C=O) groups is 1. The average Bonchev–Trinajstić information content (AvgIpc) is 2.81. The van der Waals surface area contributed by atoms with Crippen molar-refractivity contribution >= 4 is 17.2 Å². The second kappa shape index (κ2) is 6.92. The van der Waals surface area contributed by atoms with Crippen molar-refractivity contribution in [1.29, 1.82) is 0 Å². The summed E-state index contributed by atoms with van der Waals surface area (Å²) in [5.41, 5.74) is 1.17. The summed E-state index contributed by atoms with van der Waals surface area (Å²) < 4.78 is 2.31. The molecule has 0 unspecified atom stereocenters. The van der Waals surface area contributed by atoms with E-state index in [9.17, 15) is 4.79 Å². The molecule has 1 amide bonds. The van der Waals surface area contributed by atoms with Gasteiger partial charge in [0.05, 0.1) is 5.41 Å². The lowest BCUT2D eigenvalue weighted by molar-refractivity contribution is -0.142. The van der Waals surface area contributed by atoms with E-state index in [-0.39, 0.29) is 11.3 Å². The van der Waals surface area contributed by atoms with Gasteiger partial charge in [-0.25, -0.2) is 0 Å². The van der Waals surface area contributed by atoms with Gasteiger partial charge in [0.2, 0.25) is 0 Å². The van der Waals surface area contributed by atoms with Crippen LogP contribution >= 0.6 is 11.3 Å². The maximum Gasteiger partial charge on any atom is 0.254 e. The summed E-state index contributed by atoms with van der Waals surface area (Å²) in [4.78, 5) is 20.4. The Kier molecular flexibility index (Phi) is 4.92. The lowest BCUT2D eigenvalue weighted by Crippen LogP contribution is -2.50. The molecule has 3 nitrogen and oxygen atoms in total. The fraction of sp³-hybridized carbons (Fsp3) is 0.818. The van der Waals surface area contributed by atoms with Crippen LogP contribution in [0.4, 0.5) is 0 Å². The van der Waals surface area contributed by atoms with Gasteiger partial charge in [0, 0.05) is 17.1 Å². The average molecular weight is 375 g/mol. The number of rotatable bonds is 5. The van der Waals surface area contributed by atoms with Gasteiger partial charge in [0.1, 0.15) is 0 Å². The highest BCUT2D eigenvalue weighted by Gasteiger charge is 2.54. The molecular formula is C22H34N2OS. The number of amides is 1. The molecule has 4 aliphatic carbocycles. The summed E-state index contributed by atoms with van der Waals surface area (Å²) in [5.74, 6) is 3.32. The monoisotopic (exact) mass is 374 g/mol. The number of carbonyl (C=O) groups excluding carboxylic acids is 1. The smallest absolute Gasteiger partial charge is 0.254 e. The summed E-state index contributed by atoms with van der Waals surface area (Å²) in [6.07, 6.45) is 9.84. The summed E-state index contributed by atoms with van der Waals surface area (Å²) in [6.45, 7) is 9.88. The highest BCUT2D eigenvalue weighted by Crippen LogP contribution is 2.60. The van der Waals surface area contributed by atoms with Gasteiger partial charge in [-0.1, -0.05) is 13.8 Å². The van der Waals surface area contributed by atoms with Crippen LogP contribution in [-0.4, -0.2) is 10.5 Å². The molecule has 4 bridgehead atoms. The third-order valence-electron chi connectivity index (χ3n) is 7.24. The van der Waals surface area contributed by atoms with Crippen molar-refractivity contribution in [3.63, 3.8) is 0 Å². The number of hydrogen-bond acceptors (Lipinski definition) is 2. The van der Waals surface area contributed by atoms with Gasteiger partial charge in [-0.15, -0.1) is 11.3 Å². The SMILES string of the molecule is Cc1sc(=NC(=O)C23CC4CC(CC(C4)C2)C3)n(CCCC(C)C)c1C. The summed E-state index contributed by atoms with van der Waals surface area (Å²) in [5, 5.41) is 0. The molecule has 144 valence electrons. The Morgan fingerprint density at radius 2 is 1.73 bits per heavy atom. The first-order valence-electron chi connectivity index (χ1n) is 10.6. The summed E-state index contributed by atoms with van der Waals surface area (Å²) in [6, 6.07) is 0. The third kappa shape index (κ3) is 3.34. The summed E-state index contributed by atoms with van der Waals surface area (Å²) >= 11 is 1.71. The van der Waals surface area contributed by atoms with Gasteiger partial charge in [-0.2, -0.15) is 4.99 Å². The van der Waals surface area contributed by atoms with Gasteiger partial charge in [0.25, 0.3) is 5.91 Å². The van der Waals surface area contributed by atoms with E-state index in [1.165, 1.54) is 36.3 Å². The molecule has 0 aliphatic heterocycles. The molecule has 4 saturated carbocycles. The van der Waals surface area contributed by atoms with Crippen molar-refractivity contribution in [2.45, 2.75) is 85.6 Å². The fourth-order valence-corrected chi connectivity index (χ4v) is 7.18. The molecule has 26 heavy (non-hydrogen) atoms. The van der Waals surface area contributed by atoms with Gasteiger partial charge in [-0.3, -0.25) is 4.79 Å². The number of thiazole rings is 1. The molecule has 0 N–H and O–H groups in total. The Bertz CT molecular complexity index is 719. The predicted molar refractivity (Wildman–Crippen MR) is 107 cm³/mol. The van der Waals surface area contributed by atoms with Crippen molar-refractivity contribution in [3.05, 3.63) is 15.4 Å². The molecule has 0 atom stereocenters. The molecule has 4 aliphatic rings. The summed E-state index contributed by atoms with van der Waals surface area (Å²) in [7, 11) is 0. The molecule has 4 heteroatoms. The van der Waals surface area contributed by atoms with Crippen LogP contribution < -0.4 is 4.80 Å². The molecule has 0 radical (unpaired) electrons. The topological polar surface area (TPSA) is 34.4 Å². The third-order valence-corrected chi connectivity index (χ3v) is 8.34. The number of nitrogens with zero attached hydrogens (tertiary/aromatic N) is 2. The van der Waals surface area contributed by atoms with Crippen LogP contribution in [0.15, 0.2) is 4.99 Å². The van der Waals surface area contributed by atoms with Crippen molar-refractivity contribution in [2.24, 2.45) is 34.1 Å². The molecular weight excluding hydrogens is 340 g/mol. The normalized spacial score (nSPS) is 33.4. The van der Waals surface area contributed by atoms with Gasteiger partial charge >= 0.3 is 0 Å². The Balaban J connectivity index is 1.60. The minimum atomic E-state index is -0.115. The van der Waals surface area contributed by atoms with Gasteiger partial charge in [0.15, 0.2) is 4.80 Å². The van der Waals surface area contributed by atoms with Crippen LogP contribution in [0.5, 0.6) is 0 Å². The molecule has 1 aromatic rings. The van der Waals surface area contributed by atoms with E-state index in [4.69, 9.17) is 4.99 Å². The lowest BCUT2D eigenvalue weighted by Gasteiger charge is -2.55. The predicted octanol–water partition coefficient (Wildman–Crippen LogP) is 5.25. The van der Waals surface area contributed by atoms with Gasteiger partial charge in [-0.05, 0) is 88.9 Å². The van der Waals surface area contributed by atoms with Crippen molar-refractivity contribution < 1.29 is 4.79 Å². The minimum Gasteiger partial charge on any atom is -0.321 e. The molecule has 4 fully saturated rings. The molecule has 0 saturated heterocycles. The number of aryl methyl sites for hydroxylation is 1. The van der Waals surface area contributed by atoms with Crippen LogP contribution in [-0.2, 0) is 11.3 Å². The van der Waals surface area contributed by atoms with Crippen LogP contribution in [0.25, 0.3) is 0 Å². The van der Waals surface area contributed by atoms with Crippen molar-refractivity contribution in [2.75, 3.05) is 0 Å². The largest absolute Gasteiger partial charge is 0.321 e. The quantitative estimate of drug-likeness (QED) is 0.693. The second-order valence-electron chi connectivity index (χ2n) is 9.83. The van der Waals surface area contributed by atoms with E-state index in [0.717, 1.165) is 60.7 Å². The van der Waals surface area contributed by atoms with E-state index in [1.54, 1.807) is 11.3 Å². The first-order chi connectivity index (χ1) is 12.4. The van der Waals surface area contributed by atoms with E-state index < -0.39 is 0 Å². The highest BCUT2D eigenvalue weighted by atomic mass is 32.1. The molecule has 0 aromatic carbocycles. The van der Waals surface area contributed by atoms with E-state index in [1.807, 2.05) is 0 Å². The van der Waals surface area contributed by atoms with Crippen LogP contribution in [0.1, 0.15) is 75.8 Å². The van der Waals surface area contributed by atoms with Crippen molar-refractivity contribution in [3.8, 4) is 0 Å². The highest BCUT2D eigenvalue weighted by molar-refractivity contribution is 7.09. The zero-order chi connectivity index (χ0) is 18.5. The van der Waals surface area contributed by atoms with E-state index >= 15 is 0 Å². The zero-order valence-electron chi connectivity index (χ0n) is 16.9. The zero-order valence-corrected chi connectivity index (χ0v) is 17.7. The minimum absolute atomic E-state index is 0.115. The van der Waals surface area contributed by atoms with Crippen LogP contribution in [0.2, 0.25) is 0 Å². The van der Waals surface area contributed by atoms with Crippen LogP contribution in [0, 0.1) is 42.9 Å². The van der Waals surface area contributed by atoms with E-state index in [0.29, 0.717) is 0 Å². The maximum absolute atomic E-state index is 13.3. The standard InChI is InChI=1S/C22H34N2OS/c1-14(2)6-5-7-24-15(3)16(4)26-21(24)23-20(25)22-11-17-8-18(12-22)10-19(9-17)13-22/h14,17-19H,5-13H2,1-4H3. The fourth-order valence-electron chi connectivity index (χ4n) is 6.18. The number of hydrogen-bond donors (Lipinski definition) is 0. The Morgan fingerprint density at radius 3 is 2.27 bits per heavy atom. The van der Waals surface area contributed by atoms with E-state index in [2.05, 4.69) is 32.3 Å². The Hall–Kier alpha value is -0.900. The molecule has 5 rings (SSSR count). The maximum atomic E-state index is 13.3. The lowest BCUT2D eigenvalue weighted by atomic mass is 9.49. The van der Waals surface area contributed by atoms with Crippen molar-refractivity contribution in [1.82, 2.24) is 4.57 Å². The first kappa shape index (κ1) is 18.5. The number of aromatic nitrogens is 1.